The molecule has 0 N–H and O–H groups in total. The lowest BCUT2D eigenvalue weighted by atomic mass is 10.1. The van der Waals surface area contributed by atoms with Gasteiger partial charge in [0.1, 0.15) is 0 Å². The largest absolute Gasteiger partial charge is 0.453 e. The molecule has 1 aliphatic rings. The highest BCUT2D eigenvalue weighted by molar-refractivity contribution is 5.86. The first kappa shape index (κ1) is 17.4. The Morgan fingerprint density at radius 3 is 2.41 bits per heavy atom. The van der Waals surface area contributed by atoms with Gasteiger partial charge in [0.05, 0.1) is 7.11 Å². The number of methoxy groups -OCH3 is 1. The molecular weight excluding hydrogens is 340 g/mol. The van der Waals surface area contributed by atoms with Gasteiger partial charge in [-0.2, -0.15) is 0 Å². The van der Waals surface area contributed by atoms with Gasteiger partial charge in [-0.05, 0) is 16.8 Å². The Hall–Kier alpha value is -2.99. The highest BCUT2D eigenvalue weighted by atomic mass is 16.5. The zero-order valence-electron chi connectivity index (χ0n) is 15.3. The second-order valence-corrected chi connectivity index (χ2v) is 6.71. The molecule has 138 valence electrons. The average molecular weight is 362 g/mol. The topological polar surface area (TPSA) is 58.6 Å². The van der Waals surface area contributed by atoms with Gasteiger partial charge in [0.2, 0.25) is 0 Å². The number of carbonyl (C=O) groups is 1. The highest BCUT2D eigenvalue weighted by Gasteiger charge is 2.21. The van der Waals surface area contributed by atoms with Crippen LogP contribution in [0.2, 0.25) is 0 Å². The molecule has 3 aromatic rings. The fraction of sp³-hybridized carbons (Fsp3) is 0.286. The van der Waals surface area contributed by atoms with Crippen molar-refractivity contribution in [2.45, 2.75) is 6.54 Å². The van der Waals surface area contributed by atoms with Gasteiger partial charge in [-0.1, -0.05) is 36.4 Å². The van der Waals surface area contributed by atoms with Crippen LogP contribution in [0.1, 0.15) is 5.56 Å². The van der Waals surface area contributed by atoms with E-state index in [4.69, 9.17) is 4.74 Å². The van der Waals surface area contributed by atoms with Crippen LogP contribution in [0.3, 0.4) is 0 Å². The summed E-state index contributed by atoms with van der Waals surface area (Å²) in [5, 5.41) is 2.40. The minimum atomic E-state index is -0.252. The van der Waals surface area contributed by atoms with Gasteiger partial charge in [-0.15, -0.1) is 0 Å². The van der Waals surface area contributed by atoms with Gasteiger partial charge >= 0.3 is 6.09 Å². The van der Waals surface area contributed by atoms with E-state index in [1.165, 1.54) is 17.9 Å². The van der Waals surface area contributed by atoms with E-state index >= 15 is 0 Å². The molecule has 1 aliphatic heterocycles. The molecule has 2 aromatic carbocycles. The maximum atomic E-state index is 11.6. The Labute approximate surface area is 158 Å². The predicted molar refractivity (Wildman–Crippen MR) is 104 cm³/mol. The van der Waals surface area contributed by atoms with E-state index in [1.807, 2.05) is 24.5 Å². The number of carbonyl (C=O) groups excluding carboxylic acids is 1. The number of hydrogen-bond donors (Lipinski definition) is 0. The van der Waals surface area contributed by atoms with E-state index in [2.05, 4.69) is 45.2 Å². The van der Waals surface area contributed by atoms with Crippen LogP contribution in [-0.4, -0.2) is 59.1 Å². The Balaban J connectivity index is 1.41. The van der Waals surface area contributed by atoms with Crippen molar-refractivity contribution < 1.29 is 9.53 Å². The molecule has 0 bridgehead atoms. The number of nitrogens with zero attached hydrogens (tertiary/aromatic N) is 4. The first-order valence-corrected chi connectivity index (χ1v) is 9.08. The predicted octanol–water partition coefficient (Wildman–Crippen LogP) is 3.18. The number of hydrogen-bond acceptors (Lipinski definition) is 5. The van der Waals surface area contributed by atoms with Crippen molar-refractivity contribution in [3.8, 4) is 11.4 Å². The number of piperazine rings is 1. The number of fused-ring (bicyclic) bond motifs is 1. The molecule has 2 heterocycles. The summed E-state index contributed by atoms with van der Waals surface area (Å²) in [5.41, 5.74) is 2.10. The summed E-state index contributed by atoms with van der Waals surface area (Å²) in [6.45, 7) is 3.79. The first-order valence-electron chi connectivity index (χ1n) is 9.08. The number of benzene rings is 2. The summed E-state index contributed by atoms with van der Waals surface area (Å²) in [5.74, 6) is 0.736. The molecule has 1 amide bonds. The summed E-state index contributed by atoms with van der Waals surface area (Å²) in [7, 11) is 1.42. The van der Waals surface area contributed by atoms with Crippen molar-refractivity contribution in [1.82, 2.24) is 19.8 Å². The van der Waals surface area contributed by atoms with Gasteiger partial charge in [0.25, 0.3) is 0 Å². The van der Waals surface area contributed by atoms with E-state index in [9.17, 15) is 4.79 Å². The van der Waals surface area contributed by atoms with Gasteiger partial charge < -0.3 is 9.64 Å². The van der Waals surface area contributed by atoms with E-state index < -0.39 is 0 Å². The molecular formula is C21H22N4O2. The number of ether oxygens (including phenoxy) is 1. The average Bonchev–Trinajstić information content (AvgIpc) is 2.74. The lowest BCUT2D eigenvalue weighted by molar-refractivity contribution is 0.0888. The standard InChI is InChI=1S/C21H22N4O2/c1-27-21(26)25-10-8-24(9-11-25)15-16-13-22-20(23-14-16)19-7-6-17-4-2-3-5-18(17)12-19/h2-7,12-14H,8-11,15H2,1H3. The minimum Gasteiger partial charge on any atom is -0.453 e. The highest BCUT2D eigenvalue weighted by Crippen LogP contribution is 2.21. The van der Waals surface area contributed by atoms with Gasteiger partial charge in [-0.3, -0.25) is 4.90 Å². The van der Waals surface area contributed by atoms with Gasteiger partial charge in [-0.25, -0.2) is 14.8 Å². The molecule has 27 heavy (non-hydrogen) atoms. The molecule has 0 radical (unpaired) electrons. The van der Waals surface area contributed by atoms with E-state index in [0.29, 0.717) is 13.1 Å². The number of amides is 1. The summed E-state index contributed by atoms with van der Waals surface area (Å²) < 4.78 is 4.77. The van der Waals surface area contributed by atoms with E-state index in [1.54, 1.807) is 4.90 Å². The molecule has 6 nitrogen and oxygen atoms in total. The lowest BCUT2D eigenvalue weighted by Crippen LogP contribution is -2.48. The summed E-state index contributed by atoms with van der Waals surface area (Å²) >= 11 is 0. The maximum Gasteiger partial charge on any atom is 0.409 e. The van der Waals surface area contributed by atoms with Crippen molar-refractivity contribution in [1.29, 1.82) is 0 Å². The van der Waals surface area contributed by atoms with Crippen molar-refractivity contribution in [3.05, 3.63) is 60.4 Å². The van der Waals surface area contributed by atoms with Crippen LogP contribution < -0.4 is 0 Å². The van der Waals surface area contributed by atoms with Crippen LogP contribution in [0.4, 0.5) is 4.79 Å². The molecule has 0 unspecified atom stereocenters. The molecule has 0 aliphatic carbocycles. The van der Waals surface area contributed by atoms with E-state index in [0.717, 1.165) is 36.6 Å². The SMILES string of the molecule is COC(=O)N1CCN(Cc2cnc(-c3ccc4ccccc4c3)nc2)CC1. The van der Waals surface area contributed by atoms with Crippen molar-refractivity contribution in [2.75, 3.05) is 33.3 Å². The van der Waals surface area contributed by atoms with Crippen molar-refractivity contribution in [2.24, 2.45) is 0 Å². The van der Waals surface area contributed by atoms with Crippen molar-refractivity contribution >= 4 is 16.9 Å². The van der Waals surface area contributed by atoms with Gasteiger partial charge in [0.15, 0.2) is 5.82 Å². The monoisotopic (exact) mass is 362 g/mol. The third-order valence-corrected chi connectivity index (χ3v) is 4.92. The normalized spacial score (nSPS) is 15.1. The molecule has 0 spiro atoms. The molecule has 0 atom stereocenters. The Morgan fingerprint density at radius 1 is 1.00 bits per heavy atom. The zero-order chi connectivity index (χ0) is 18.6. The fourth-order valence-electron chi connectivity index (χ4n) is 3.39. The maximum absolute atomic E-state index is 11.6. The third-order valence-electron chi connectivity index (χ3n) is 4.92. The quantitative estimate of drug-likeness (QED) is 0.716. The third kappa shape index (κ3) is 3.90. The molecule has 0 saturated carbocycles. The number of rotatable bonds is 3. The van der Waals surface area contributed by atoms with Crippen LogP contribution >= 0.6 is 0 Å². The van der Waals surface area contributed by atoms with Crippen LogP contribution in [-0.2, 0) is 11.3 Å². The smallest absolute Gasteiger partial charge is 0.409 e. The molecule has 1 aromatic heterocycles. The number of aromatic nitrogens is 2. The van der Waals surface area contributed by atoms with Crippen molar-refractivity contribution in [3.63, 3.8) is 0 Å². The van der Waals surface area contributed by atoms with Crippen LogP contribution in [0.15, 0.2) is 54.9 Å². The van der Waals surface area contributed by atoms with E-state index in [-0.39, 0.29) is 6.09 Å². The molecule has 6 heteroatoms. The summed E-state index contributed by atoms with van der Waals surface area (Å²) in [6, 6.07) is 14.6. The Kier molecular flexibility index (Phi) is 4.98. The second kappa shape index (κ2) is 7.72. The molecule has 1 saturated heterocycles. The summed E-state index contributed by atoms with van der Waals surface area (Å²) in [4.78, 5) is 24.7. The Bertz CT molecular complexity index is 934. The molecule has 1 fully saturated rings. The first-order chi connectivity index (χ1) is 13.2. The van der Waals surface area contributed by atoms with Crippen LogP contribution in [0.25, 0.3) is 22.2 Å². The van der Waals surface area contributed by atoms with Gasteiger partial charge in [0, 0.05) is 56.2 Å². The second-order valence-electron chi connectivity index (χ2n) is 6.71. The lowest BCUT2D eigenvalue weighted by Gasteiger charge is -2.33. The van der Waals surface area contributed by atoms with Crippen LogP contribution in [0, 0.1) is 0 Å². The zero-order valence-corrected chi connectivity index (χ0v) is 15.3. The van der Waals surface area contributed by atoms with Crippen LogP contribution in [0.5, 0.6) is 0 Å². The molecule has 4 rings (SSSR count). The fourth-order valence-corrected chi connectivity index (χ4v) is 3.39. The minimum absolute atomic E-state index is 0.252. The summed E-state index contributed by atoms with van der Waals surface area (Å²) in [6.07, 6.45) is 3.53. The Morgan fingerprint density at radius 2 is 1.70 bits per heavy atom.